The molecule has 0 bridgehead atoms. The van der Waals surface area contributed by atoms with Crippen LogP contribution >= 0.6 is 0 Å². The lowest BCUT2D eigenvalue weighted by Crippen LogP contribution is -2.63. The molecule has 6 rings (SSSR count). The van der Waals surface area contributed by atoms with Gasteiger partial charge in [-0.1, -0.05) is 121 Å². The van der Waals surface area contributed by atoms with E-state index in [4.69, 9.17) is 28.4 Å². The third kappa shape index (κ3) is 6.67. The third-order valence-corrected chi connectivity index (χ3v) is 7.18. The molecule has 40 heavy (non-hydrogen) atoms. The summed E-state index contributed by atoms with van der Waals surface area (Å²) in [6.07, 6.45) is -2.99. The first-order chi connectivity index (χ1) is 19.8. The minimum absolute atomic E-state index is 0.353. The van der Waals surface area contributed by atoms with Gasteiger partial charge in [-0.05, 0) is 16.7 Å². The average molecular weight is 539 g/mol. The maximum atomic E-state index is 6.64. The second-order valence-corrected chi connectivity index (χ2v) is 10.0. The zero-order valence-electron chi connectivity index (χ0n) is 22.3. The molecule has 0 aliphatic carbocycles. The van der Waals surface area contributed by atoms with Crippen LogP contribution in [0.15, 0.2) is 121 Å². The largest absolute Gasteiger partial charge is 0.368 e. The van der Waals surface area contributed by atoms with Gasteiger partial charge in [0, 0.05) is 5.56 Å². The summed E-state index contributed by atoms with van der Waals surface area (Å²) in [6, 6.07) is 40.2. The molecule has 0 amide bonds. The predicted molar refractivity (Wildman–Crippen MR) is 150 cm³/mol. The van der Waals surface area contributed by atoms with E-state index in [-0.39, 0.29) is 6.10 Å². The fourth-order valence-electron chi connectivity index (χ4n) is 5.11. The van der Waals surface area contributed by atoms with Gasteiger partial charge in [0.15, 0.2) is 12.6 Å². The molecule has 2 fully saturated rings. The van der Waals surface area contributed by atoms with Crippen LogP contribution in [0.5, 0.6) is 0 Å². The first kappa shape index (κ1) is 26.8. The number of benzene rings is 4. The van der Waals surface area contributed by atoms with E-state index in [2.05, 4.69) is 12.1 Å². The summed E-state index contributed by atoms with van der Waals surface area (Å²) in [6.45, 7) is 1.53. The minimum Gasteiger partial charge on any atom is -0.368 e. The van der Waals surface area contributed by atoms with Crippen molar-refractivity contribution in [2.24, 2.45) is 0 Å². The quantitative estimate of drug-likeness (QED) is 0.239. The second-order valence-electron chi connectivity index (χ2n) is 10.0. The van der Waals surface area contributed by atoms with E-state index in [1.807, 2.05) is 109 Å². The van der Waals surface area contributed by atoms with Crippen molar-refractivity contribution in [3.63, 3.8) is 0 Å². The van der Waals surface area contributed by atoms with Crippen molar-refractivity contribution in [1.29, 1.82) is 0 Å². The molecule has 0 radical (unpaired) electrons. The first-order valence-electron chi connectivity index (χ1n) is 13.8. The van der Waals surface area contributed by atoms with Crippen molar-refractivity contribution in [3.05, 3.63) is 144 Å². The van der Waals surface area contributed by atoms with E-state index in [0.717, 1.165) is 22.3 Å². The summed E-state index contributed by atoms with van der Waals surface area (Å²) in [4.78, 5) is 0. The summed E-state index contributed by atoms with van der Waals surface area (Å²) in [5, 5.41) is 0. The van der Waals surface area contributed by atoms with E-state index in [1.54, 1.807) is 0 Å². The molecular formula is C34H34O6. The topological polar surface area (TPSA) is 55.4 Å². The van der Waals surface area contributed by atoms with Crippen molar-refractivity contribution in [2.75, 3.05) is 6.61 Å². The number of ether oxygens (including phenoxy) is 6. The summed E-state index contributed by atoms with van der Waals surface area (Å²) in [5.41, 5.74) is 4.13. The van der Waals surface area contributed by atoms with Crippen LogP contribution in [0.4, 0.5) is 0 Å². The Labute approximate surface area is 235 Å². The highest BCUT2D eigenvalue weighted by atomic mass is 16.8. The van der Waals surface area contributed by atoms with Crippen LogP contribution in [0.3, 0.4) is 0 Å². The van der Waals surface area contributed by atoms with E-state index < -0.39 is 30.9 Å². The Balaban J connectivity index is 1.27. The fourth-order valence-corrected chi connectivity index (χ4v) is 5.11. The molecule has 0 aromatic heterocycles. The summed E-state index contributed by atoms with van der Waals surface area (Å²) in [5.74, 6) is 0. The van der Waals surface area contributed by atoms with Crippen LogP contribution in [0.25, 0.3) is 0 Å². The molecule has 2 aliphatic rings. The molecule has 0 saturated carbocycles. The molecule has 6 atom stereocenters. The van der Waals surface area contributed by atoms with Crippen LogP contribution in [0, 0.1) is 0 Å². The van der Waals surface area contributed by atoms with Crippen molar-refractivity contribution >= 4 is 0 Å². The van der Waals surface area contributed by atoms with Gasteiger partial charge in [-0.15, -0.1) is 0 Å². The van der Waals surface area contributed by atoms with Crippen molar-refractivity contribution in [3.8, 4) is 0 Å². The Bertz CT molecular complexity index is 1290. The summed E-state index contributed by atoms with van der Waals surface area (Å²) < 4.78 is 38.8. The molecule has 0 unspecified atom stereocenters. The van der Waals surface area contributed by atoms with E-state index in [9.17, 15) is 0 Å². The van der Waals surface area contributed by atoms with Crippen LogP contribution in [-0.2, 0) is 48.2 Å². The maximum absolute atomic E-state index is 6.64. The summed E-state index contributed by atoms with van der Waals surface area (Å²) >= 11 is 0. The van der Waals surface area contributed by atoms with Gasteiger partial charge in [0.2, 0.25) is 0 Å². The number of rotatable bonds is 10. The zero-order valence-corrected chi connectivity index (χ0v) is 22.3. The Kier molecular flexibility index (Phi) is 8.95. The second kappa shape index (κ2) is 13.3. The summed E-state index contributed by atoms with van der Waals surface area (Å²) in [7, 11) is 0. The first-order valence-corrected chi connectivity index (χ1v) is 13.8. The van der Waals surface area contributed by atoms with Crippen molar-refractivity contribution < 1.29 is 28.4 Å². The van der Waals surface area contributed by atoms with Gasteiger partial charge >= 0.3 is 0 Å². The van der Waals surface area contributed by atoms with Gasteiger partial charge in [-0.3, -0.25) is 0 Å². The molecule has 4 aromatic rings. The maximum Gasteiger partial charge on any atom is 0.187 e. The lowest BCUT2D eigenvalue weighted by atomic mass is 9.97. The molecule has 6 heteroatoms. The monoisotopic (exact) mass is 538 g/mol. The van der Waals surface area contributed by atoms with Gasteiger partial charge in [0.25, 0.3) is 0 Å². The van der Waals surface area contributed by atoms with E-state index in [0.29, 0.717) is 26.4 Å². The highest BCUT2D eigenvalue weighted by Crippen LogP contribution is 2.37. The molecule has 4 aromatic carbocycles. The number of hydrogen-bond acceptors (Lipinski definition) is 6. The van der Waals surface area contributed by atoms with Gasteiger partial charge in [0.05, 0.1) is 26.4 Å². The van der Waals surface area contributed by atoms with Crippen LogP contribution in [0.1, 0.15) is 28.5 Å². The van der Waals surface area contributed by atoms with Crippen LogP contribution in [-0.4, -0.2) is 37.3 Å². The normalized spacial score (nSPS) is 26.2. The Morgan fingerprint density at radius 3 is 1.55 bits per heavy atom. The van der Waals surface area contributed by atoms with Gasteiger partial charge < -0.3 is 28.4 Å². The highest BCUT2D eigenvalue weighted by Gasteiger charge is 2.51. The SMILES string of the molecule is c1ccc(CO[C@@H]2O[C@@H]3CO[C@@H](c4ccccc4)O[C@H]3[C@H](OCc3ccccc3)[C@@H]2OCc2ccccc2)cc1. The number of hydrogen-bond donors (Lipinski definition) is 0. The van der Waals surface area contributed by atoms with Gasteiger partial charge in [-0.25, -0.2) is 0 Å². The Morgan fingerprint density at radius 2 is 1.00 bits per heavy atom. The van der Waals surface area contributed by atoms with Crippen molar-refractivity contribution in [2.45, 2.75) is 56.8 Å². The van der Waals surface area contributed by atoms with E-state index >= 15 is 0 Å². The highest BCUT2D eigenvalue weighted by molar-refractivity contribution is 5.18. The standard InChI is InChI=1S/C34H34O6/c1-5-13-25(14-6-1)21-35-31-30-29(24-38-33(40-30)28-19-11-4-12-20-28)39-34(37-23-27-17-9-3-10-18-27)32(31)36-22-26-15-7-2-8-16-26/h1-20,29-34H,21-24H2/t29-,30-,31+,32+,33-,34-/m1/s1. The van der Waals surface area contributed by atoms with Gasteiger partial charge in [0.1, 0.15) is 24.4 Å². The molecule has 0 spiro atoms. The van der Waals surface area contributed by atoms with Crippen LogP contribution < -0.4 is 0 Å². The van der Waals surface area contributed by atoms with E-state index in [1.165, 1.54) is 0 Å². The molecule has 206 valence electrons. The molecule has 0 N–H and O–H groups in total. The lowest BCUT2D eigenvalue weighted by molar-refractivity contribution is -0.374. The lowest BCUT2D eigenvalue weighted by Gasteiger charge is -2.49. The Morgan fingerprint density at radius 1 is 0.525 bits per heavy atom. The molecule has 2 heterocycles. The van der Waals surface area contributed by atoms with Crippen LogP contribution in [0.2, 0.25) is 0 Å². The number of fused-ring (bicyclic) bond motifs is 1. The third-order valence-electron chi connectivity index (χ3n) is 7.18. The van der Waals surface area contributed by atoms with Gasteiger partial charge in [-0.2, -0.15) is 0 Å². The molecule has 2 saturated heterocycles. The molecule has 2 aliphatic heterocycles. The predicted octanol–water partition coefficient (Wildman–Crippen LogP) is 6.21. The molecule has 6 nitrogen and oxygen atoms in total. The smallest absolute Gasteiger partial charge is 0.187 e. The Hall–Kier alpha value is -3.36. The fraction of sp³-hybridized carbons (Fsp3) is 0.294. The minimum atomic E-state index is -0.675. The average Bonchev–Trinajstić information content (AvgIpc) is 3.03. The zero-order chi connectivity index (χ0) is 27.0. The molecular weight excluding hydrogens is 504 g/mol. The van der Waals surface area contributed by atoms with Crippen molar-refractivity contribution in [1.82, 2.24) is 0 Å².